The predicted octanol–water partition coefficient (Wildman–Crippen LogP) is 6.73. The maximum atomic E-state index is 3.30. The quantitative estimate of drug-likeness (QED) is 0.536. The van der Waals surface area contributed by atoms with E-state index in [0.717, 1.165) is 42.2 Å². The molecule has 0 N–H and O–H groups in total. The maximum Gasteiger partial charge on any atom is 0.0340 e. The van der Waals surface area contributed by atoms with Crippen LogP contribution in [0.15, 0.2) is 48.5 Å². The Bertz CT molecular complexity index is 823. The van der Waals surface area contributed by atoms with Crippen molar-refractivity contribution in [3.05, 3.63) is 70.8 Å². The van der Waals surface area contributed by atoms with Gasteiger partial charge in [-0.05, 0) is 66.5 Å². The summed E-state index contributed by atoms with van der Waals surface area (Å²) in [6.07, 6.45) is 8.35. The second-order valence-corrected chi connectivity index (χ2v) is 7.81. The third kappa shape index (κ3) is 6.05. The van der Waals surface area contributed by atoms with E-state index in [4.69, 9.17) is 0 Å². The summed E-state index contributed by atoms with van der Waals surface area (Å²) < 4.78 is 0. The molecule has 138 valence electrons. The lowest BCUT2D eigenvalue weighted by Crippen LogP contribution is -2.10. The van der Waals surface area contributed by atoms with E-state index in [1.807, 2.05) is 0 Å². The summed E-state index contributed by atoms with van der Waals surface area (Å²) in [5, 5.41) is 0. The van der Waals surface area contributed by atoms with E-state index in [9.17, 15) is 0 Å². The Morgan fingerprint density at radius 3 is 1.96 bits per heavy atom. The molecular weight excluding hydrogens is 324 g/mol. The van der Waals surface area contributed by atoms with Crippen molar-refractivity contribution in [3.63, 3.8) is 0 Å². The molecule has 1 fully saturated rings. The highest BCUT2D eigenvalue weighted by atomic mass is 14.2. The lowest BCUT2D eigenvalue weighted by atomic mass is 9.79. The van der Waals surface area contributed by atoms with Crippen molar-refractivity contribution < 1.29 is 0 Å². The standard InChI is InChI=1S/C27H30/c1-3-4-5-6-7-23-10-12-24(13-11-23)14-15-25-16-20-27(21-17-25)26-18-8-22(2)9-19-26/h10-13,16-17,20-22,26H,3-4,7-9,18-19H2,1-2H3. The third-order valence-corrected chi connectivity index (χ3v) is 5.50. The van der Waals surface area contributed by atoms with Crippen LogP contribution in [0.4, 0.5) is 0 Å². The van der Waals surface area contributed by atoms with Crippen LogP contribution in [0.1, 0.15) is 80.5 Å². The highest BCUT2D eigenvalue weighted by Crippen LogP contribution is 2.35. The molecular formula is C27H30. The fourth-order valence-corrected chi connectivity index (χ4v) is 3.66. The zero-order valence-electron chi connectivity index (χ0n) is 16.7. The van der Waals surface area contributed by atoms with Gasteiger partial charge in [-0.25, -0.2) is 0 Å². The topological polar surface area (TPSA) is 0 Å². The average molecular weight is 355 g/mol. The minimum absolute atomic E-state index is 0.746. The van der Waals surface area contributed by atoms with Crippen LogP contribution in [-0.2, 0) is 6.42 Å². The Morgan fingerprint density at radius 2 is 1.37 bits per heavy atom. The van der Waals surface area contributed by atoms with E-state index < -0.39 is 0 Å². The Labute approximate surface area is 165 Å². The SMILES string of the molecule is CCCC#CCc1ccc(C#Cc2ccc(C3CCC(C)CC3)cc2)cc1. The summed E-state index contributed by atoms with van der Waals surface area (Å²) >= 11 is 0. The summed E-state index contributed by atoms with van der Waals surface area (Å²) in [4.78, 5) is 0. The fraction of sp³-hybridized carbons (Fsp3) is 0.407. The molecule has 1 aliphatic carbocycles. The van der Waals surface area contributed by atoms with Gasteiger partial charge >= 0.3 is 0 Å². The van der Waals surface area contributed by atoms with Crippen molar-refractivity contribution in [2.45, 2.75) is 64.7 Å². The van der Waals surface area contributed by atoms with E-state index >= 15 is 0 Å². The number of hydrogen-bond acceptors (Lipinski definition) is 0. The van der Waals surface area contributed by atoms with Gasteiger partial charge in [-0.1, -0.05) is 68.7 Å². The van der Waals surface area contributed by atoms with E-state index in [-0.39, 0.29) is 0 Å². The van der Waals surface area contributed by atoms with Crippen molar-refractivity contribution in [3.8, 4) is 23.7 Å². The molecule has 0 bridgehead atoms. The van der Waals surface area contributed by atoms with Gasteiger partial charge in [-0.15, -0.1) is 5.92 Å². The van der Waals surface area contributed by atoms with Gasteiger partial charge < -0.3 is 0 Å². The second kappa shape index (κ2) is 10.0. The molecule has 0 aliphatic heterocycles. The molecule has 0 heterocycles. The first-order valence-electron chi connectivity index (χ1n) is 10.4. The van der Waals surface area contributed by atoms with Crippen LogP contribution in [0.5, 0.6) is 0 Å². The molecule has 2 aromatic carbocycles. The second-order valence-electron chi connectivity index (χ2n) is 7.81. The molecule has 0 radical (unpaired) electrons. The molecule has 0 heteroatoms. The van der Waals surface area contributed by atoms with Gasteiger partial charge in [0.15, 0.2) is 0 Å². The molecule has 0 unspecified atom stereocenters. The first-order chi connectivity index (χ1) is 13.2. The van der Waals surface area contributed by atoms with Crippen LogP contribution < -0.4 is 0 Å². The summed E-state index contributed by atoms with van der Waals surface area (Å²) in [5.41, 5.74) is 4.90. The molecule has 0 saturated heterocycles. The van der Waals surface area contributed by atoms with Crippen molar-refractivity contribution in [1.29, 1.82) is 0 Å². The summed E-state index contributed by atoms with van der Waals surface area (Å²) in [6.45, 7) is 4.54. The number of rotatable bonds is 3. The first kappa shape index (κ1) is 19.3. The molecule has 27 heavy (non-hydrogen) atoms. The molecule has 0 nitrogen and oxygen atoms in total. The Kier molecular flexibility index (Phi) is 7.19. The normalized spacial score (nSPS) is 18.7. The predicted molar refractivity (Wildman–Crippen MR) is 116 cm³/mol. The summed E-state index contributed by atoms with van der Waals surface area (Å²) in [6, 6.07) is 17.4. The molecule has 1 saturated carbocycles. The van der Waals surface area contributed by atoms with Crippen molar-refractivity contribution in [2.24, 2.45) is 5.92 Å². The van der Waals surface area contributed by atoms with E-state index in [0.29, 0.717) is 0 Å². The molecule has 1 aliphatic rings. The third-order valence-electron chi connectivity index (χ3n) is 5.50. The van der Waals surface area contributed by atoms with Crippen LogP contribution >= 0.6 is 0 Å². The summed E-state index contributed by atoms with van der Waals surface area (Å²) in [5.74, 6) is 14.7. The lowest BCUT2D eigenvalue weighted by molar-refractivity contribution is 0.348. The fourth-order valence-electron chi connectivity index (χ4n) is 3.66. The number of unbranched alkanes of at least 4 members (excludes halogenated alkanes) is 1. The minimum atomic E-state index is 0.746. The zero-order valence-corrected chi connectivity index (χ0v) is 16.7. The van der Waals surface area contributed by atoms with Crippen molar-refractivity contribution >= 4 is 0 Å². The van der Waals surface area contributed by atoms with Crippen molar-refractivity contribution in [1.82, 2.24) is 0 Å². The van der Waals surface area contributed by atoms with Crippen molar-refractivity contribution in [2.75, 3.05) is 0 Å². The highest BCUT2D eigenvalue weighted by Gasteiger charge is 2.19. The lowest BCUT2D eigenvalue weighted by Gasteiger charge is -2.26. The monoisotopic (exact) mass is 354 g/mol. The highest BCUT2D eigenvalue weighted by molar-refractivity contribution is 5.44. The van der Waals surface area contributed by atoms with Crippen LogP contribution in [0.2, 0.25) is 0 Å². The van der Waals surface area contributed by atoms with E-state index in [1.54, 1.807) is 0 Å². The summed E-state index contributed by atoms with van der Waals surface area (Å²) in [7, 11) is 0. The molecule has 0 amide bonds. The van der Waals surface area contributed by atoms with Gasteiger partial charge in [0.1, 0.15) is 0 Å². The smallest absolute Gasteiger partial charge is 0.0340 e. The van der Waals surface area contributed by atoms with Gasteiger partial charge in [0.05, 0.1) is 0 Å². The zero-order chi connectivity index (χ0) is 18.9. The van der Waals surface area contributed by atoms with Gasteiger partial charge in [0.25, 0.3) is 0 Å². The van der Waals surface area contributed by atoms with E-state index in [1.165, 1.54) is 36.8 Å². The number of benzene rings is 2. The maximum absolute atomic E-state index is 3.30. The van der Waals surface area contributed by atoms with Crippen LogP contribution in [-0.4, -0.2) is 0 Å². The van der Waals surface area contributed by atoms with Gasteiger partial charge in [-0.2, -0.15) is 0 Å². The minimum Gasteiger partial charge on any atom is -0.103 e. The van der Waals surface area contributed by atoms with Crippen LogP contribution in [0.25, 0.3) is 0 Å². The van der Waals surface area contributed by atoms with Crippen LogP contribution in [0.3, 0.4) is 0 Å². The Morgan fingerprint density at radius 1 is 0.778 bits per heavy atom. The molecule has 0 spiro atoms. The largest absolute Gasteiger partial charge is 0.103 e. The molecule has 0 aromatic heterocycles. The average Bonchev–Trinajstić information content (AvgIpc) is 2.72. The molecule has 2 aromatic rings. The Balaban J connectivity index is 1.58. The van der Waals surface area contributed by atoms with Gasteiger partial charge in [0, 0.05) is 24.0 Å². The van der Waals surface area contributed by atoms with Crippen LogP contribution in [0, 0.1) is 29.6 Å². The first-order valence-corrected chi connectivity index (χ1v) is 10.4. The molecule has 0 atom stereocenters. The van der Waals surface area contributed by atoms with Gasteiger partial charge in [0.2, 0.25) is 0 Å². The molecule has 3 rings (SSSR count). The van der Waals surface area contributed by atoms with Gasteiger partial charge in [-0.3, -0.25) is 0 Å². The van der Waals surface area contributed by atoms with E-state index in [2.05, 4.69) is 86.1 Å². The Hall–Kier alpha value is -2.44. The number of hydrogen-bond donors (Lipinski definition) is 0.